The van der Waals surface area contributed by atoms with Crippen LogP contribution in [0.15, 0.2) is 52.9 Å². The predicted octanol–water partition coefficient (Wildman–Crippen LogP) is 5.36. The number of nitrogens with zero attached hydrogens (tertiary/aromatic N) is 2. The van der Waals surface area contributed by atoms with Gasteiger partial charge in [0.2, 0.25) is 0 Å². The number of nitro groups is 2. The van der Waals surface area contributed by atoms with Crippen molar-refractivity contribution in [2.75, 3.05) is 0 Å². The number of rotatable bonds is 6. The second-order valence-corrected chi connectivity index (χ2v) is 6.19. The van der Waals surface area contributed by atoms with Crippen LogP contribution in [0.2, 0.25) is 0 Å². The lowest BCUT2D eigenvalue weighted by Gasteiger charge is -2.13. The van der Waals surface area contributed by atoms with E-state index in [2.05, 4.69) is 0 Å². The van der Waals surface area contributed by atoms with E-state index in [1.165, 1.54) is 36.4 Å². The van der Waals surface area contributed by atoms with E-state index < -0.39 is 15.7 Å². The summed E-state index contributed by atoms with van der Waals surface area (Å²) in [6, 6.07) is 10.4. The maximum Gasteiger partial charge on any atom is 0.273 e. The lowest BCUT2D eigenvalue weighted by Crippen LogP contribution is -2.06. The van der Waals surface area contributed by atoms with Gasteiger partial charge in [-0.1, -0.05) is 0 Å². The first-order valence-corrected chi connectivity index (χ1v) is 8.26. The first-order chi connectivity index (χ1) is 13.3. The average molecular weight is 386 g/mol. The van der Waals surface area contributed by atoms with E-state index in [-0.39, 0.29) is 34.6 Å². The maximum atomic E-state index is 14.2. The Morgan fingerprint density at radius 2 is 1.43 bits per heavy atom. The monoisotopic (exact) mass is 386 g/mol. The molecule has 0 bridgehead atoms. The highest BCUT2D eigenvalue weighted by Crippen LogP contribution is 2.37. The van der Waals surface area contributed by atoms with Gasteiger partial charge in [0.25, 0.3) is 11.4 Å². The van der Waals surface area contributed by atoms with Gasteiger partial charge < -0.3 is 9.15 Å². The summed E-state index contributed by atoms with van der Waals surface area (Å²) in [4.78, 5) is 20.6. The topological polar surface area (TPSA) is 109 Å². The largest absolute Gasteiger partial charge is 0.490 e. The molecule has 0 aliphatic carbocycles. The third-order valence-corrected chi connectivity index (χ3v) is 3.84. The molecule has 0 radical (unpaired) electrons. The van der Waals surface area contributed by atoms with Gasteiger partial charge in [0.15, 0.2) is 0 Å². The summed E-state index contributed by atoms with van der Waals surface area (Å²) in [5.41, 5.74) is 0.0292. The molecule has 0 unspecified atom stereocenters. The smallest absolute Gasteiger partial charge is 0.273 e. The van der Waals surface area contributed by atoms with Crippen molar-refractivity contribution in [2.45, 2.75) is 20.0 Å². The normalized spacial score (nSPS) is 10.9. The van der Waals surface area contributed by atoms with Crippen molar-refractivity contribution in [3.8, 4) is 28.4 Å². The maximum absolute atomic E-state index is 14.2. The fraction of sp³-hybridized carbons (Fsp3) is 0.158. The molecule has 28 heavy (non-hydrogen) atoms. The molecular formula is C19H15FN2O6. The molecular weight excluding hydrogens is 371 g/mol. The molecule has 0 fully saturated rings. The molecule has 9 heteroatoms. The minimum atomic E-state index is -0.794. The molecule has 0 atom stereocenters. The molecule has 3 aromatic rings. The first-order valence-electron chi connectivity index (χ1n) is 8.26. The molecule has 0 aliphatic rings. The van der Waals surface area contributed by atoms with Gasteiger partial charge in [-0.05, 0) is 38.1 Å². The van der Waals surface area contributed by atoms with Crippen LogP contribution in [0, 0.1) is 26.0 Å². The van der Waals surface area contributed by atoms with Gasteiger partial charge in [-0.3, -0.25) is 20.2 Å². The van der Waals surface area contributed by atoms with Crippen LogP contribution in [0.25, 0.3) is 22.6 Å². The second kappa shape index (κ2) is 7.47. The Kier molecular flexibility index (Phi) is 5.08. The fourth-order valence-electron chi connectivity index (χ4n) is 2.62. The minimum absolute atomic E-state index is 0.0603. The van der Waals surface area contributed by atoms with Crippen molar-refractivity contribution >= 4 is 11.4 Å². The summed E-state index contributed by atoms with van der Waals surface area (Å²) in [6.07, 6.45) is -0.234. The number of furan rings is 1. The number of benzene rings is 2. The van der Waals surface area contributed by atoms with E-state index in [9.17, 15) is 24.6 Å². The first kappa shape index (κ1) is 19.0. The van der Waals surface area contributed by atoms with E-state index in [4.69, 9.17) is 9.15 Å². The summed E-state index contributed by atoms with van der Waals surface area (Å²) < 4.78 is 25.6. The number of hydrogen-bond acceptors (Lipinski definition) is 6. The summed E-state index contributed by atoms with van der Waals surface area (Å²) in [5, 5.41) is 21.8. The van der Waals surface area contributed by atoms with Gasteiger partial charge in [-0.25, -0.2) is 4.39 Å². The Hall–Kier alpha value is -3.75. The highest BCUT2D eigenvalue weighted by Gasteiger charge is 2.19. The highest BCUT2D eigenvalue weighted by atomic mass is 19.1. The Morgan fingerprint density at radius 3 is 1.96 bits per heavy atom. The highest BCUT2D eigenvalue weighted by molar-refractivity contribution is 5.71. The average Bonchev–Trinajstić information content (AvgIpc) is 3.10. The van der Waals surface area contributed by atoms with Crippen molar-refractivity contribution in [1.82, 2.24) is 0 Å². The number of ether oxygens (including phenoxy) is 1. The summed E-state index contributed by atoms with van der Waals surface area (Å²) in [7, 11) is 0. The quantitative estimate of drug-likeness (QED) is 0.417. The van der Waals surface area contributed by atoms with Crippen molar-refractivity contribution in [3.63, 3.8) is 0 Å². The number of hydrogen-bond donors (Lipinski definition) is 0. The molecule has 1 aromatic heterocycles. The Bertz CT molecular complexity index is 1060. The van der Waals surface area contributed by atoms with Crippen LogP contribution in [0.5, 0.6) is 5.75 Å². The van der Waals surface area contributed by atoms with Gasteiger partial charge in [0.1, 0.15) is 23.1 Å². The van der Waals surface area contributed by atoms with E-state index in [1.807, 2.05) is 0 Å². The van der Waals surface area contributed by atoms with Crippen LogP contribution in [0.1, 0.15) is 13.8 Å². The number of halogens is 1. The van der Waals surface area contributed by atoms with Gasteiger partial charge in [0.05, 0.1) is 39.2 Å². The number of non-ortho nitro benzene ring substituents is 2. The fourth-order valence-corrected chi connectivity index (χ4v) is 2.62. The zero-order valence-corrected chi connectivity index (χ0v) is 14.9. The Balaban J connectivity index is 2.02. The molecule has 0 aliphatic heterocycles. The molecule has 0 N–H and O–H groups in total. The van der Waals surface area contributed by atoms with E-state index in [0.717, 1.165) is 6.07 Å². The third kappa shape index (κ3) is 3.83. The molecule has 3 rings (SSSR count). The molecule has 0 spiro atoms. The van der Waals surface area contributed by atoms with Gasteiger partial charge in [0, 0.05) is 12.1 Å². The van der Waals surface area contributed by atoms with Crippen LogP contribution >= 0.6 is 0 Å². The lowest BCUT2D eigenvalue weighted by molar-refractivity contribution is -0.385. The standard InChI is InChI=1S/C19H15FN2O6/c1-11(2)27-19-10-13(22(25)26)4-6-15(19)18-8-7-17(28-18)14-5-3-12(21(23)24)9-16(14)20/h3-11H,1-2H3. The third-order valence-electron chi connectivity index (χ3n) is 3.84. The van der Waals surface area contributed by atoms with Crippen LogP contribution in [0.3, 0.4) is 0 Å². The molecule has 0 amide bonds. The zero-order chi connectivity index (χ0) is 20.4. The van der Waals surface area contributed by atoms with Gasteiger partial charge >= 0.3 is 0 Å². The van der Waals surface area contributed by atoms with E-state index >= 15 is 0 Å². The summed E-state index contributed by atoms with van der Waals surface area (Å²) >= 11 is 0. The molecule has 2 aromatic carbocycles. The van der Waals surface area contributed by atoms with Crippen LogP contribution < -0.4 is 4.74 Å². The minimum Gasteiger partial charge on any atom is -0.490 e. The van der Waals surface area contributed by atoms with Crippen LogP contribution in [-0.4, -0.2) is 16.0 Å². The molecule has 0 saturated carbocycles. The van der Waals surface area contributed by atoms with Crippen molar-refractivity contribution in [2.24, 2.45) is 0 Å². The van der Waals surface area contributed by atoms with Crippen LogP contribution in [0.4, 0.5) is 15.8 Å². The SMILES string of the molecule is CC(C)Oc1cc([N+](=O)[O-])ccc1-c1ccc(-c2ccc([N+](=O)[O-])cc2F)o1. The second-order valence-electron chi connectivity index (χ2n) is 6.19. The molecule has 144 valence electrons. The number of nitro benzene ring substituents is 2. The summed E-state index contributed by atoms with van der Waals surface area (Å²) in [5.74, 6) is -0.0544. The van der Waals surface area contributed by atoms with Crippen molar-refractivity contribution in [1.29, 1.82) is 0 Å². The Morgan fingerprint density at radius 1 is 0.893 bits per heavy atom. The van der Waals surface area contributed by atoms with Crippen molar-refractivity contribution < 1.29 is 23.4 Å². The predicted molar refractivity (Wildman–Crippen MR) is 98.6 cm³/mol. The van der Waals surface area contributed by atoms with Gasteiger partial charge in [-0.2, -0.15) is 0 Å². The van der Waals surface area contributed by atoms with Crippen molar-refractivity contribution in [3.05, 3.63) is 74.6 Å². The zero-order valence-electron chi connectivity index (χ0n) is 14.9. The van der Waals surface area contributed by atoms with Crippen LogP contribution in [-0.2, 0) is 0 Å². The summed E-state index contributed by atoms with van der Waals surface area (Å²) in [6.45, 7) is 3.56. The molecule has 1 heterocycles. The molecule has 8 nitrogen and oxygen atoms in total. The molecule has 0 saturated heterocycles. The van der Waals surface area contributed by atoms with E-state index in [0.29, 0.717) is 11.3 Å². The Labute approximate surface area is 158 Å². The van der Waals surface area contributed by atoms with Gasteiger partial charge in [-0.15, -0.1) is 0 Å². The lowest BCUT2D eigenvalue weighted by atomic mass is 10.1. The van der Waals surface area contributed by atoms with E-state index in [1.54, 1.807) is 19.9 Å².